The molecular formula is C31H42N2O3. The molecule has 4 rings (SSSR count). The van der Waals surface area contributed by atoms with Crippen molar-refractivity contribution >= 4 is 11.8 Å². The van der Waals surface area contributed by atoms with E-state index in [4.69, 9.17) is 0 Å². The quantitative estimate of drug-likeness (QED) is 0.584. The smallest absolute Gasteiger partial charge is 0.225 e. The van der Waals surface area contributed by atoms with Crippen LogP contribution in [0.25, 0.3) is 0 Å². The maximum absolute atomic E-state index is 13.4. The van der Waals surface area contributed by atoms with E-state index in [9.17, 15) is 14.7 Å². The van der Waals surface area contributed by atoms with E-state index in [1.807, 2.05) is 74.6 Å². The number of hydrogen-bond donors (Lipinski definition) is 2. The summed E-state index contributed by atoms with van der Waals surface area (Å²) in [4.78, 5) is 28.0. The number of rotatable bonds is 7. The highest BCUT2D eigenvalue weighted by Gasteiger charge is 2.54. The largest absolute Gasteiger partial charge is 0.392 e. The van der Waals surface area contributed by atoms with Gasteiger partial charge in [-0.15, -0.1) is 0 Å². The Labute approximate surface area is 216 Å². The number of aliphatic hydroxyl groups is 1. The Morgan fingerprint density at radius 2 is 1.61 bits per heavy atom. The van der Waals surface area contributed by atoms with Crippen LogP contribution in [0.3, 0.4) is 0 Å². The van der Waals surface area contributed by atoms with Gasteiger partial charge < -0.3 is 15.3 Å². The Bertz CT molecular complexity index is 1030. The topological polar surface area (TPSA) is 69.6 Å². The zero-order valence-electron chi connectivity index (χ0n) is 22.2. The average Bonchev–Trinajstić information content (AvgIpc) is 2.86. The highest BCUT2D eigenvalue weighted by atomic mass is 16.3. The van der Waals surface area contributed by atoms with E-state index in [0.29, 0.717) is 13.0 Å². The summed E-state index contributed by atoms with van der Waals surface area (Å²) < 4.78 is 0. The number of aliphatic hydroxyl groups excluding tert-OH is 1. The van der Waals surface area contributed by atoms with Crippen molar-refractivity contribution in [1.82, 2.24) is 10.2 Å². The van der Waals surface area contributed by atoms with E-state index in [2.05, 4.69) is 19.2 Å². The molecule has 5 heteroatoms. The molecule has 2 saturated carbocycles. The summed E-state index contributed by atoms with van der Waals surface area (Å²) in [5.74, 6) is -0.00174. The Balaban J connectivity index is 1.42. The van der Waals surface area contributed by atoms with Crippen LogP contribution in [-0.2, 0) is 22.6 Å². The summed E-state index contributed by atoms with van der Waals surface area (Å²) >= 11 is 0. The van der Waals surface area contributed by atoms with Gasteiger partial charge in [-0.3, -0.25) is 9.59 Å². The maximum Gasteiger partial charge on any atom is 0.225 e. The number of hydrogen-bond acceptors (Lipinski definition) is 3. The van der Waals surface area contributed by atoms with Crippen LogP contribution < -0.4 is 5.32 Å². The Hall–Kier alpha value is -2.66. The summed E-state index contributed by atoms with van der Waals surface area (Å²) in [6, 6.07) is 19.9. The van der Waals surface area contributed by atoms with Crippen molar-refractivity contribution in [2.45, 2.75) is 71.6 Å². The molecule has 0 aromatic heterocycles. The zero-order valence-corrected chi connectivity index (χ0v) is 22.2. The summed E-state index contributed by atoms with van der Waals surface area (Å²) in [5, 5.41) is 15.0. The van der Waals surface area contributed by atoms with Gasteiger partial charge in [0.15, 0.2) is 0 Å². The highest BCUT2D eigenvalue weighted by molar-refractivity contribution is 5.79. The first-order chi connectivity index (χ1) is 17.2. The van der Waals surface area contributed by atoms with Crippen LogP contribution in [0.4, 0.5) is 0 Å². The van der Waals surface area contributed by atoms with Crippen LogP contribution in [-0.4, -0.2) is 41.0 Å². The number of fused-ring (bicyclic) bond motifs is 1. The molecule has 0 spiro atoms. The zero-order chi connectivity index (χ0) is 25.9. The van der Waals surface area contributed by atoms with Gasteiger partial charge >= 0.3 is 0 Å². The first kappa shape index (κ1) is 26.4. The van der Waals surface area contributed by atoms with Crippen LogP contribution >= 0.6 is 0 Å². The number of nitrogens with one attached hydrogen (secondary N) is 1. The minimum absolute atomic E-state index is 0.0364. The van der Waals surface area contributed by atoms with Gasteiger partial charge in [-0.25, -0.2) is 0 Å². The summed E-state index contributed by atoms with van der Waals surface area (Å²) in [6.45, 7) is 7.02. The molecule has 2 N–H and O–H groups in total. The molecule has 0 unspecified atom stereocenters. The molecule has 0 bridgehead atoms. The molecule has 2 aliphatic carbocycles. The second kappa shape index (κ2) is 11.2. The lowest BCUT2D eigenvalue weighted by Crippen LogP contribution is -2.58. The molecule has 0 heterocycles. The van der Waals surface area contributed by atoms with Crippen LogP contribution in [0.15, 0.2) is 60.7 Å². The molecule has 36 heavy (non-hydrogen) atoms. The summed E-state index contributed by atoms with van der Waals surface area (Å²) in [7, 11) is 1.85. The Kier molecular flexibility index (Phi) is 8.19. The molecule has 2 aromatic carbocycles. The van der Waals surface area contributed by atoms with Crippen molar-refractivity contribution in [1.29, 1.82) is 0 Å². The maximum atomic E-state index is 13.4. The first-order valence-electron chi connectivity index (χ1n) is 13.5. The lowest BCUT2D eigenvalue weighted by atomic mass is 9.51. The molecule has 2 fully saturated rings. The lowest BCUT2D eigenvalue weighted by molar-refractivity contribution is -0.150. The highest BCUT2D eigenvalue weighted by Crippen LogP contribution is 2.55. The fraction of sp³-hybridized carbons (Fsp3) is 0.548. The minimum Gasteiger partial charge on any atom is -0.392 e. The fourth-order valence-corrected chi connectivity index (χ4v) is 7.00. The average molecular weight is 491 g/mol. The number of carbonyl (C=O) groups is 2. The van der Waals surface area contributed by atoms with Gasteiger partial charge in [0, 0.05) is 25.6 Å². The van der Waals surface area contributed by atoms with Gasteiger partial charge in [-0.05, 0) is 60.0 Å². The van der Waals surface area contributed by atoms with Gasteiger partial charge in [-0.1, -0.05) is 81.4 Å². The summed E-state index contributed by atoms with van der Waals surface area (Å²) in [6.07, 6.45) is 3.60. The van der Waals surface area contributed by atoms with Crippen molar-refractivity contribution in [3.05, 3.63) is 71.8 Å². The van der Waals surface area contributed by atoms with Crippen molar-refractivity contribution in [3.8, 4) is 0 Å². The summed E-state index contributed by atoms with van der Waals surface area (Å²) in [5.41, 5.74) is 2.15. The van der Waals surface area contributed by atoms with E-state index in [-0.39, 0.29) is 46.9 Å². The molecule has 0 saturated heterocycles. The van der Waals surface area contributed by atoms with Crippen molar-refractivity contribution in [2.75, 3.05) is 7.05 Å². The molecule has 2 aliphatic rings. The number of nitrogens with zero attached hydrogens (tertiary/aromatic N) is 1. The first-order valence-corrected chi connectivity index (χ1v) is 13.5. The molecular weight excluding hydrogens is 448 g/mol. The van der Waals surface area contributed by atoms with E-state index in [0.717, 1.165) is 36.8 Å². The molecule has 2 amide bonds. The molecule has 0 aliphatic heterocycles. The fourth-order valence-electron chi connectivity index (χ4n) is 7.00. The second-order valence-corrected chi connectivity index (χ2v) is 11.6. The van der Waals surface area contributed by atoms with E-state index >= 15 is 0 Å². The molecule has 194 valence electrons. The van der Waals surface area contributed by atoms with E-state index < -0.39 is 6.10 Å². The van der Waals surface area contributed by atoms with Gasteiger partial charge in [0.25, 0.3) is 0 Å². The number of carbonyl (C=O) groups excluding carboxylic acids is 2. The van der Waals surface area contributed by atoms with Gasteiger partial charge in [0.05, 0.1) is 12.5 Å². The van der Waals surface area contributed by atoms with Crippen LogP contribution in [0.2, 0.25) is 0 Å². The lowest BCUT2D eigenvalue weighted by Gasteiger charge is -2.56. The predicted octanol–water partition coefficient (Wildman–Crippen LogP) is 4.83. The second-order valence-electron chi connectivity index (χ2n) is 11.6. The third-order valence-corrected chi connectivity index (χ3v) is 9.11. The van der Waals surface area contributed by atoms with Crippen LogP contribution in [0.1, 0.15) is 57.6 Å². The number of amides is 2. The van der Waals surface area contributed by atoms with Crippen LogP contribution in [0.5, 0.6) is 0 Å². The molecule has 7 atom stereocenters. The van der Waals surface area contributed by atoms with E-state index in [1.54, 1.807) is 4.90 Å². The third-order valence-electron chi connectivity index (χ3n) is 9.11. The third kappa shape index (κ3) is 5.67. The van der Waals surface area contributed by atoms with Crippen molar-refractivity contribution in [3.63, 3.8) is 0 Å². The van der Waals surface area contributed by atoms with Crippen molar-refractivity contribution < 1.29 is 14.7 Å². The molecule has 5 nitrogen and oxygen atoms in total. The molecule has 0 radical (unpaired) electrons. The van der Waals surface area contributed by atoms with Crippen molar-refractivity contribution in [2.24, 2.45) is 29.1 Å². The predicted molar refractivity (Wildman–Crippen MR) is 143 cm³/mol. The monoisotopic (exact) mass is 490 g/mol. The number of benzene rings is 2. The van der Waals surface area contributed by atoms with Gasteiger partial charge in [-0.2, -0.15) is 0 Å². The standard InChI is InChI=1S/C31H42N2O3/c1-21(30(36)33(4)20-24-13-9-6-10-14-24)25-15-17-31(3)18-16-26(22(2)28(31)29(25)35)32-27(34)19-23-11-7-5-8-12-23/h5-14,21-22,25-26,28-29,35H,15-20H2,1-4H3,(H,32,34)/t21-,22+,25+,26-,28+,29-,31-/m0/s1. The van der Waals surface area contributed by atoms with E-state index in [1.165, 1.54) is 0 Å². The normalized spacial score (nSPS) is 30.6. The Morgan fingerprint density at radius 1 is 1.03 bits per heavy atom. The SMILES string of the molecule is C[C@H]1[C@@H]2[C@@H](O)[C@@H]([C@H](C)C(=O)N(C)Cc3ccccc3)CC[C@@]2(C)CC[C@@H]1NC(=O)Cc1ccccc1. The Morgan fingerprint density at radius 3 is 2.25 bits per heavy atom. The van der Waals surface area contributed by atoms with Gasteiger partial charge in [0.2, 0.25) is 11.8 Å². The molecule has 2 aromatic rings. The van der Waals surface area contributed by atoms with Gasteiger partial charge in [0.1, 0.15) is 0 Å². The minimum atomic E-state index is -0.559. The van der Waals surface area contributed by atoms with Crippen LogP contribution in [0, 0.1) is 29.1 Å².